The molecule has 8 heteroatoms. The second-order valence-electron chi connectivity index (χ2n) is 6.82. The highest BCUT2D eigenvalue weighted by molar-refractivity contribution is 5.89. The van der Waals surface area contributed by atoms with Gasteiger partial charge in [0.05, 0.1) is 43.4 Å². The lowest BCUT2D eigenvalue weighted by Gasteiger charge is -2.53. The second-order valence-corrected chi connectivity index (χ2v) is 6.82. The van der Waals surface area contributed by atoms with Crippen LogP contribution >= 0.6 is 0 Å². The minimum atomic E-state index is -1.82. The molecular weight excluding hydrogens is 312 g/mol. The number of hydrogen-bond acceptors (Lipinski definition) is 8. The van der Waals surface area contributed by atoms with Crippen molar-refractivity contribution >= 4 is 5.90 Å². The maximum Gasteiger partial charge on any atom is 0.217 e. The third-order valence-electron chi connectivity index (χ3n) is 6.01. The molecule has 4 rings (SSSR count). The van der Waals surface area contributed by atoms with Crippen LogP contribution in [0.15, 0.2) is 0 Å². The molecule has 0 aromatic heterocycles. The van der Waals surface area contributed by atoms with Crippen LogP contribution in [0.1, 0.15) is 26.2 Å². The lowest BCUT2D eigenvalue weighted by atomic mass is 9.52. The highest BCUT2D eigenvalue weighted by atomic mass is 16.7. The quantitative estimate of drug-likeness (QED) is 0.706. The standard InChI is InChI=1S/C16H16N4O4/c1-10-13(7-17,8-18)15(9-19)11-6-14(21-4-5-22-14)2-3-16(11,23-10)24-12(15)20/h10-11,20H,2-6H2,1H3. The molecule has 3 heterocycles. The molecule has 4 aliphatic rings. The first-order valence-electron chi connectivity index (χ1n) is 7.92. The normalized spacial score (nSPS) is 44.0. The summed E-state index contributed by atoms with van der Waals surface area (Å²) < 4.78 is 23.2. The second kappa shape index (κ2) is 4.46. The third-order valence-corrected chi connectivity index (χ3v) is 6.01. The lowest BCUT2D eigenvalue weighted by Crippen LogP contribution is -2.65. The molecule has 1 aliphatic carbocycles. The highest BCUT2D eigenvalue weighted by Gasteiger charge is 2.81. The van der Waals surface area contributed by atoms with Crippen LogP contribution in [-0.4, -0.2) is 36.8 Å². The van der Waals surface area contributed by atoms with Crippen LogP contribution in [0.25, 0.3) is 0 Å². The summed E-state index contributed by atoms with van der Waals surface area (Å²) in [4.78, 5) is 0. The number of nitrogens with one attached hydrogen (secondary N) is 1. The van der Waals surface area contributed by atoms with Crippen molar-refractivity contribution < 1.29 is 18.9 Å². The maximum absolute atomic E-state index is 10.0. The Labute approximate surface area is 139 Å². The number of ether oxygens (including phenoxy) is 4. The summed E-state index contributed by atoms with van der Waals surface area (Å²) in [5.74, 6) is -3.07. The molecule has 0 radical (unpaired) electrons. The van der Waals surface area contributed by atoms with E-state index in [1.165, 1.54) is 0 Å². The van der Waals surface area contributed by atoms with E-state index in [2.05, 4.69) is 6.07 Å². The van der Waals surface area contributed by atoms with Crippen LogP contribution < -0.4 is 0 Å². The molecule has 8 nitrogen and oxygen atoms in total. The van der Waals surface area contributed by atoms with Crippen molar-refractivity contribution in [3.8, 4) is 18.2 Å². The van der Waals surface area contributed by atoms with E-state index in [-0.39, 0.29) is 12.3 Å². The van der Waals surface area contributed by atoms with Crippen LogP contribution in [-0.2, 0) is 18.9 Å². The van der Waals surface area contributed by atoms with Gasteiger partial charge in [0, 0.05) is 19.3 Å². The Morgan fingerprint density at radius 2 is 1.75 bits per heavy atom. The molecular formula is C16H16N4O4. The van der Waals surface area contributed by atoms with Gasteiger partial charge in [-0.25, -0.2) is 0 Å². The van der Waals surface area contributed by atoms with E-state index in [1.807, 2.05) is 12.1 Å². The summed E-state index contributed by atoms with van der Waals surface area (Å²) in [7, 11) is 0. The fourth-order valence-corrected chi connectivity index (χ4v) is 4.81. The Morgan fingerprint density at radius 3 is 2.33 bits per heavy atom. The summed E-state index contributed by atoms with van der Waals surface area (Å²) in [5.41, 5.74) is -3.52. The minimum absolute atomic E-state index is 0.251. The van der Waals surface area contributed by atoms with Gasteiger partial charge in [-0.2, -0.15) is 15.8 Å². The van der Waals surface area contributed by atoms with Gasteiger partial charge in [-0.15, -0.1) is 0 Å². The Hall–Kier alpha value is -2.18. The first-order chi connectivity index (χ1) is 11.4. The Morgan fingerprint density at radius 1 is 1.08 bits per heavy atom. The molecule has 0 amide bonds. The summed E-state index contributed by atoms with van der Waals surface area (Å²) in [6.07, 6.45) is 0.282. The first-order valence-corrected chi connectivity index (χ1v) is 7.92. The van der Waals surface area contributed by atoms with Crippen molar-refractivity contribution in [2.24, 2.45) is 16.7 Å². The van der Waals surface area contributed by atoms with Crippen LogP contribution in [0.2, 0.25) is 0 Å². The largest absolute Gasteiger partial charge is 0.447 e. The van der Waals surface area contributed by atoms with Gasteiger partial charge >= 0.3 is 0 Å². The predicted octanol–water partition coefficient (Wildman–Crippen LogP) is 1.20. The van der Waals surface area contributed by atoms with Crippen molar-refractivity contribution in [1.82, 2.24) is 0 Å². The van der Waals surface area contributed by atoms with Crippen molar-refractivity contribution in [2.45, 2.75) is 43.9 Å². The van der Waals surface area contributed by atoms with Crippen molar-refractivity contribution in [3.05, 3.63) is 0 Å². The average Bonchev–Trinajstić information content (AvgIpc) is 3.10. The minimum Gasteiger partial charge on any atom is -0.447 e. The monoisotopic (exact) mass is 328 g/mol. The summed E-state index contributed by atoms with van der Waals surface area (Å²) >= 11 is 0. The Bertz CT molecular complexity index is 727. The molecule has 3 aliphatic heterocycles. The lowest BCUT2D eigenvalue weighted by molar-refractivity contribution is -0.325. The molecule has 2 bridgehead atoms. The van der Waals surface area contributed by atoms with Crippen molar-refractivity contribution in [2.75, 3.05) is 13.2 Å². The fourth-order valence-electron chi connectivity index (χ4n) is 4.81. The van der Waals surface area contributed by atoms with Gasteiger partial charge in [0.2, 0.25) is 11.7 Å². The van der Waals surface area contributed by atoms with Crippen LogP contribution in [0, 0.1) is 56.2 Å². The van der Waals surface area contributed by atoms with Gasteiger partial charge in [0.25, 0.3) is 0 Å². The predicted molar refractivity (Wildman–Crippen MR) is 75.8 cm³/mol. The zero-order valence-corrected chi connectivity index (χ0v) is 13.2. The molecule has 124 valence electrons. The SMILES string of the molecule is CC1OC23CCC4(CC2C(C#N)(C(=N)O3)C1(C#N)C#N)OCCO4. The van der Waals surface area contributed by atoms with Gasteiger partial charge in [0.15, 0.2) is 16.6 Å². The Balaban J connectivity index is 1.91. The van der Waals surface area contributed by atoms with Crippen LogP contribution in [0.5, 0.6) is 0 Å². The zero-order chi connectivity index (χ0) is 17.2. The summed E-state index contributed by atoms with van der Waals surface area (Å²) in [6, 6.07) is 6.03. The average molecular weight is 328 g/mol. The number of nitrogens with zero attached hydrogens (tertiary/aromatic N) is 3. The van der Waals surface area contributed by atoms with E-state index in [0.29, 0.717) is 26.1 Å². The maximum atomic E-state index is 10.0. The van der Waals surface area contributed by atoms with Crippen molar-refractivity contribution in [3.63, 3.8) is 0 Å². The van der Waals surface area contributed by atoms with Gasteiger partial charge in [0.1, 0.15) is 0 Å². The molecule has 0 aromatic rings. The van der Waals surface area contributed by atoms with E-state index in [0.717, 1.165) is 0 Å². The van der Waals surface area contributed by atoms with Gasteiger partial charge in [-0.05, 0) is 6.92 Å². The van der Waals surface area contributed by atoms with Crippen LogP contribution in [0.3, 0.4) is 0 Å². The Kier molecular flexibility index (Phi) is 2.85. The molecule has 1 spiro atoms. The molecule has 4 unspecified atom stereocenters. The van der Waals surface area contributed by atoms with E-state index < -0.39 is 34.4 Å². The molecule has 1 saturated carbocycles. The number of rotatable bonds is 0. The summed E-state index contributed by atoms with van der Waals surface area (Å²) in [5, 5.41) is 37.9. The van der Waals surface area contributed by atoms with E-state index in [4.69, 9.17) is 24.4 Å². The van der Waals surface area contributed by atoms with Gasteiger partial charge in [-0.1, -0.05) is 0 Å². The van der Waals surface area contributed by atoms with E-state index in [9.17, 15) is 15.8 Å². The van der Waals surface area contributed by atoms with E-state index in [1.54, 1.807) is 6.92 Å². The molecule has 1 N–H and O–H groups in total. The van der Waals surface area contributed by atoms with Gasteiger partial charge < -0.3 is 18.9 Å². The van der Waals surface area contributed by atoms with Crippen molar-refractivity contribution in [1.29, 1.82) is 21.2 Å². The summed E-state index contributed by atoms with van der Waals surface area (Å²) in [6.45, 7) is 2.50. The number of hydrogen-bond donors (Lipinski definition) is 1. The molecule has 4 fully saturated rings. The smallest absolute Gasteiger partial charge is 0.217 e. The zero-order valence-electron chi connectivity index (χ0n) is 13.2. The van der Waals surface area contributed by atoms with E-state index >= 15 is 0 Å². The third kappa shape index (κ3) is 1.40. The number of nitriles is 3. The molecule has 24 heavy (non-hydrogen) atoms. The van der Waals surface area contributed by atoms with Gasteiger partial charge in [-0.3, -0.25) is 5.41 Å². The molecule has 4 atom stereocenters. The topological polar surface area (TPSA) is 132 Å². The fraction of sp³-hybridized carbons (Fsp3) is 0.750. The highest BCUT2D eigenvalue weighted by Crippen LogP contribution is 2.67. The van der Waals surface area contributed by atoms with Crippen LogP contribution in [0.4, 0.5) is 0 Å². The molecule has 0 aromatic carbocycles. The first kappa shape index (κ1) is 15.4. The molecule has 3 saturated heterocycles.